The van der Waals surface area contributed by atoms with Crippen LogP contribution in [-0.4, -0.2) is 26.5 Å². The van der Waals surface area contributed by atoms with Crippen LogP contribution in [0.2, 0.25) is 0 Å². The van der Waals surface area contributed by atoms with Gasteiger partial charge in [0, 0.05) is 23.6 Å². The second-order valence-electron chi connectivity index (χ2n) is 9.77. The van der Waals surface area contributed by atoms with Crippen LogP contribution in [0.25, 0.3) is 11.0 Å². The van der Waals surface area contributed by atoms with E-state index in [2.05, 4.69) is 28.7 Å². The van der Waals surface area contributed by atoms with Crippen LogP contribution in [0.3, 0.4) is 0 Å². The highest BCUT2D eigenvalue weighted by Gasteiger charge is 2.28. The van der Waals surface area contributed by atoms with Gasteiger partial charge in [-0.05, 0) is 53.6 Å². The summed E-state index contributed by atoms with van der Waals surface area (Å²) in [4.78, 5) is 22.0. The van der Waals surface area contributed by atoms with E-state index in [0.29, 0.717) is 35.3 Å². The number of nitrogens with one attached hydrogen (secondary N) is 1. The first-order valence-electron chi connectivity index (χ1n) is 12.6. The predicted molar refractivity (Wildman–Crippen MR) is 142 cm³/mol. The molecule has 0 unspecified atom stereocenters. The topological polar surface area (TPSA) is 59.8 Å². The molecule has 0 aliphatic heterocycles. The Morgan fingerprint density at radius 2 is 1.92 bits per heavy atom. The molecule has 5 rings (SSSR count). The average Bonchev–Trinajstić information content (AvgIpc) is 3.24. The van der Waals surface area contributed by atoms with E-state index in [0.717, 1.165) is 28.2 Å². The van der Waals surface area contributed by atoms with Crippen molar-refractivity contribution in [2.45, 2.75) is 56.6 Å². The summed E-state index contributed by atoms with van der Waals surface area (Å²) in [7, 11) is 0. The minimum absolute atomic E-state index is 0.00841. The Labute approximate surface area is 215 Å². The van der Waals surface area contributed by atoms with Gasteiger partial charge in [-0.1, -0.05) is 68.8 Å². The first-order valence-corrected chi connectivity index (χ1v) is 13.5. The Kier molecular flexibility index (Phi) is 7.37. The molecule has 1 N–H and O–H groups in total. The number of hydrogen-bond acceptors (Lipinski definition) is 4. The van der Waals surface area contributed by atoms with Gasteiger partial charge in [-0.25, -0.2) is 9.37 Å². The summed E-state index contributed by atoms with van der Waals surface area (Å²) < 4.78 is 16.3. The molecule has 1 aliphatic carbocycles. The van der Waals surface area contributed by atoms with Crippen molar-refractivity contribution >= 4 is 28.7 Å². The molecule has 0 bridgehead atoms. The summed E-state index contributed by atoms with van der Waals surface area (Å²) in [5.41, 5.74) is 4.16. The number of halogens is 1. The van der Waals surface area contributed by atoms with Crippen molar-refractivity contribution in [3.63, 3.8) is 0 Å². The Morgan fingerprint density at radius 1 is 1.11 bits per heavy atom. The molecule has 0 radical (unpaired) electrons. The summed E-state index contributed by atoms with van der Waals surface area (Å²) in [5, 5.41) is 4.06. The largest absolute Gasteiger partial charge is 0.349 e. The van der Waals surface area contributed by atoms with Gasteiger partial charge in [0.15, 0.2) is 5.16 Å². The van der Waals surface area contributed by atoms with E-state index >= 15 is 0 Å². The van der Waals surface area contributed by atoms with Crippen LogP contribution in [-0.2, 0) is 12.3 Å². The normalized spacial score (nSPS) is 19.9. The van der Waals surface area contributed by atoms with E-state index in [-0.39, 0.29) is 17.8 Å². The summed E-state index contributed by atoms with van der Waals surface area (Å²) in [5.74, 6) is 1.40. The lowest BCUT2D eigenvalue weighted by atomic mass is 9.78. The summed E-state index contributed by atoms with van der Waals surface area (Å²) in [6.45, 7) is 5.10. The SMILES string of the molecule is C[C@@H]1[C@H](C)CCC[C@H]1NC(=O)c1ccc(Cn2c(SCc3ccccc3F)nc3ccncc32)cc1. The zero-order valence-electron chi connectivity index (χ0n) is 20.7. The zero-order valence-corrected chi connectivity index (χ0v) is 21.5. The quantitative estimate of drug-likeness (QED) is 0.295. The molecule has 1 amide bonds. The highest BCUT2D eigenvalue weighted by Crippen LogP contribution is 2.30. The third-order valence-corrected chi connectivity index (χ3v) is 8.44. The van der Waals surface area contributed by atoms with Crippen LogP contribution in [0.15, 0.2) is 72.1 Å². The van der Waals surface area contributed by atoms with Crippen LogP contribution in [0.5, 0.6) is 0 Å². The summed E-state index contributed by atoms with van der Waals surface area (Å²) >= 11 is 1.51. The minimum atomic E-state index is -0.208. The average molecular weight is 503 g/mol. The van der Waals surface area contributed by atoms with Crippen LogP contribution >= 0.6 is 11.8 Å². The maximum Gasteiger partial charge on any atom is 0.251 e. The fourth-order valence-corrected chi connectivity index (χ4v) is 5.95. The molecule has 1 fully saturated rings. The number of benzene rings is 2. The van der Waals surface area contributed by atoms with E-state index in [4.69, 9.17) is 4.98 Å². The van der Waals surface area contributed by atoms with Crippen LogP contribution in [0.1, 0.15) is 54.6 Å². The number of thioether (sulfide) groups is 1. The molecule has 2 aromatic carbocycles. The number of imidazole rings is 1. The van der Waals surface area contributed by atoms with E-state index in [9.17, 15) is 9.18 Å². The van der Waals surface area contributed by atoms with Gasteiger partial charge in [0.2, 0.25) is 0 Å². The maximum atomic E-state index is 14.2. The zero-order chi connectivity index (χ0) is 25.1. The minimum Gasteiger partial charge on any atom is -0.349 e. The lowest BCUT2D eigenvalue weighted by molar-refractivity contribution is 0.0891. The Balaban J connectivity index is 1.32. The molecule has 0 saturated heterocycles. The number of fused-ring (bicyclic) bond motifs is 1. The fourth-order valence-electron chi connectivity index (χ4n) is 4.95. The fraction of sp³-hybridized carbons (Fsp3) is 0.345. The molecule has 5 nitrogen and oxygen atoms in total. The van der Waals surface area contributed by atoms with Gasteiger partial charge < -0.3 is 9.88 Å². The number of carbonyl (C=O) groups is 1. The second-order valence-corrected chi connectivity index (χ2v) is 10.7. The standard InChI is InChI=1S/C29H31FN4OS/c1-19-6-5-9-25(20(19)2)32-28(35)22-12-10-21(11-13-22)17-34-27-16-31-15-14-26(27)33-29(34)36-18-23-7-3-4-8-24(23)30/h3-4,7-8,10-16,19-20,25H,5-6,9,17-18H2,1-2H3,(H,32,35)/t19-,20-,25-/m1/s1. The van der Waals surface area contributed by atoms with Crippen molar-refractivity contribution in [1.29, 1.82) is 0 Å². The Morgan fingerprint density at radius 3 is 2.72 bits per heavy atom. The number of carbonyl (C=O) groups excluding carboxylic acids is 1. The molecule has 1 saturated carbocycles. The van der Waals surface area contributed by atoms with Crippen LogP contribution < -0.4 is 5.32 Å². The van der Waals surface area contributed by atoms with Crippen molar-refractivity contribution in [2.24, 2.45) is 11.8 Å². The van der Waals surface area contributed by atoms with Gasteiger partial charge in [-0.2, -0.15) is 0 Å². The molecule has 3 atom stereocenters. The van der Waals surface area contributed by atoms with E-state index in [1.54, 1.807) is 18.3 Å². The summed E-state index contributed by atoms with van der Waals surface area (Å²) in [6, 6.07) is 16.7. The number of hydrogen-bond donors (Lipinski definition) is 1. The van der Waals surface area contributed by atoms with E-state index in [1.165, 1.54) is 30.7 Å². The molecule has 186 valence electrons. The van der Waals surface area contributed by atoms with Gasteiger partial charge >= 0.3 is 0 Å². The predicted octanol–water partition coefficient (Wildman–Crippen LogP) is 6.47. The molecule has 1 aliphatic rings. The van der Waals surface area contributed by atoms with Crippen molar-refractivity contribution in [3.05, 3.63) is 89.5 Å². The second kappa shape index (κ2) is 10.8. The molecule has 0 spiro atoms. The van der Waals surface area contributed by atoms with Gasteiger partial charge in [0.05, 0.1) is 23.8 Å². The first-order chi connectivity index (χ1) is 17.5. The van der Waals surface area contributed by atoms with E-state index < -0.39 is 0 Å². The van der Waals surface area contributed by atoms with Crippen molar-refractivity contribution in [1.82, 2.24) is 19.9 Å². The van der Waals surface area contributed by atoms with Crippen molar-refractivity contribution in [2.75, 3.05) is 0 Å². The number of rotatable bonds is 7. The molecular weight excluding hydrogens is 471 g/mol. The molecule has 36 heavy (non-hydrogen) atoms. The molecule has 7 heteroatoms. The van der Waals surface area contributed by atoms with Gasteiger partial charge in [0.1, 0.15) is 5.82 Å². The monoisotopic (exact) mass is 502 g/mol. The Hall–Kier alpha value is -3.19. The molecular formula is C29H31FN4OS. The smallest absolute Gasteiger partial charge is 0.251 e. The van der Waals surface area contributed by atoms with Crippen molar-refractivity contribution < 1.29 is 9.18 Å². The van der Waals surface area contributed by atoms with Crippen LogP contribution in [0, 0.1) is 17.7 Å². The molecule has 2 aromatic heterocycles. The highest BCUT2D eigenvalue weighted by atomic mass is 32.2. The third kappa shape index (κ3) is 5.31. The molecule has 4 aromatic rings. The lowest BCUT2D eigenvalue weighted by Gasteiger charge is -2.34. The highest BCUT2D eigenvalue weighted by molar-refractivity contribution is 7.98. The summed E-state index contributed by atoms with van der Waals surface area (Å²) in [6.07, 6.45) is 6.99. The number of amides is 1. The maximum absolute atomic E-state index is 14.2. The van der Waals surface area contributed by atoms with Crippen molar-refractivity contribution in [3.8, 4) is 0 Å². The van der Waals surface area contributed by atoms with Gasteiger partial charge in [-0.3, -0.25) is 9.78 Å². The van der Waals surface area contributed by atoms with Gasteiger partial charge in [-0.15, -0.1) is 0 Å². The Bertz CT molecular complexity index is 1350. The number of nitrogens with zero attached hydrogens (tertiary/aromatic N) is 3. The first kappa shape index (κ1) is 24.5. The third-order valence-electron chi connectivity index (χ3n) is 7.41. The molecule has 2 heterocycles. The number of aromatic nitrogens is 3. The lowest BCUT2D eigenvalue weighted by Crippen LogP contribution is -2.43. The van der Waals surface area contributed by atoms with Crippen LogP contribution in [0.4, 0.5) is 4.39 Å². The number of pyridine rings is 1. The van der Waals surface area contributed by atoms with Gasteiger partial charge in [0.25, 0.3) is 5.91 Å². The van der Waals surface area contributed by atoms with E-state index in [1.807, 2.05) is 42.6 Å².